The maximum absolute atomic E-state index is 13.8. The van der Waals surface area contributed by atoms with Crippen LogP contribution in [-0.4, -0.2) is 140 Å². The van der Waals surface area contributed by atoms with Gasteiger partial charge in [-0.25, -0.2) is 0 Å². The van der Waals surface area contributed by atoms with Crippen molar-refractivity contribution in [2.45, 2.75) is 116 Å². The molecular formula is C38H58N8O11S. The van der Waals surface area contributed by atoms with Crippen LogP contribution in [0, 0.1) is 11.8 Å². The fraction of sp³-hybridized carbons (Fsp3) is 0.632. The maximum Gasteiger partial charge on any atom is 0.248 e. The lowest BCUT2D eigenvalue weighted by Gasteiger charge is -2.31. The quantitative estimate of drug-likeness (QED) is 0.131. The first-order chi connectivity index (χ1) is 27.2. The first-order valence-corrected chi connectivity index (χ1v) is 21.1. The highest BCUT2D eigenvalue weighted by Crippen LogP contribution is 2.20. The van der Waals surface area contributed by atoms with Crippen LogP contribution in [0.2, 0.25) is 0 Å². The van der Waals surface area contributed by atoms with E-state index < -0.39 is 125 Å². The highest BCUT2D eigenvalue weighted by molar-refractivity contribution is 7.84. The number of aliphatic hydroxyl groups is 1. The van der Waals surface area contributed by atoms with Crippen LogP contribution in [0.5, 0.6) is 5.75 Å². The van der Waals surface area contributed by atoms with E-state index in [-0.39, 0.29) is 37.3 Å². The third-order valence-corrected chi connectivity index (χ3v) is 10.7. The molecule has 3 rings (SSSR count). The largest absolute Gasteiger partial charge is 0.508 e. The molecule has 2 saturated heterocycles. The van der Waals surface area contributed by atoms with E-state index in [0.717, 1.165) is 0 Å². The smallest absolute Gasteiger partial charge is 0.248 e. The molecule has 0 spiro atoms. The Hall–Kier alpha value is -5.11. The molecule has 0 aromatic heterocycles. The molecule has 20 heteroatoms. The van der Waals surface area contributed by atoms with Gasteiger partial charge in [-0.2, -0.15) is 0 Å². The maximum atomic E-state index is 13.8. The molecule has 8 amide bonds. The molecule has 1 aromatic carbocycles. The molecule has 2 fully saturated rings. The molecule has 19 nitrogen and oxygen atoms in total. The molecule has 0 bridgehead atoms. The van der Waals surface area contributed by atoms with E-state index in [4.69, 9.17) is 0 Å². The first-order valence-electron chi connectivity index (χ1n) is 19.4. The van der Waals surface area contributed by atoms with Crippen molar-refractivity contribution in [3.8, 4) is 5.75 Å². The molecule has 2 heterocycles. The highest BCUT2D eigenvalue weighted by atomic mass is 32.2. The summed E-state index contributed by atoms with van der Waals surface area (Å²) in [6, 6.07) is -3.03. The zero-order chi connectivity index (χ0) is 43.4. The van der Waals surface area contributed by atoms with Gasteiger partial charge in [-0.1, -0.05) is 39.8 Å². The van der Waals surface area contributed by atoms with Gasteiger partial charge in [0, 0.05) is 35.8 Å². The number of nitrogens with one attached hydrogen (secondary N) is 7. The van der Waals surface area contributed by atoms with Gasteiger partial charge >= 0.3 is 0 Å². The molecule has 2 aliphatic heterocycles. The summed E-state index contributed by atoms with van der Waals surface area (Å²) in [5, 5.41) is 38.3. The van der Waals surface area contributed by atoms with Gasteiger partial charge in [-0.05, 0) is 62.6 Å². The Morgan fingerprint density at radius 2 is 1.29 bits per heavy atom. The van der Waals surface area contributed by atoms with E-state index in [0.29, 0.717) is 12.0 Å². The van der Waals surface area contributed by atoms with Crippen LogP contribution < -0.4 is 37.2 Å². The molecule has 0 aliphatic carbocycles. The highest BCUT2D eigenvalue weighted by Gasteiger charge is 2.41. The second-order valence-corrected chi connectivity index (χ2v) is 17.0. The fourth-order valence-electron chi connectivity index (χ4n) is 6.52. The van der Waals surface area contributed by atoms with Gasteiger partial charge in [0.1, 0.15) is 48.0 Å². The Labute approximate surface area is 340 Å². The Balaban J connectivity index is 2.02. The molecule has 1 unspecified atom stereocenters. The second kappa shape index (κ2) is 21.6. The summed E-state index contributed by atoms with van der Waals surface area (Å²) >= 11 is 0. The van der Waals surface area contributed by atoms with Crippen LogP contribution in [0.3, 0.4) is 0 Å². The second-order valence-electron chi connectivity index (χ2n) is 15.4. The number of rotatable bonds is 8. The number of aromatic hydroxyl groups is 1. The number of phenols is 1. The fourth-order valence-corrected chi connectivity index (χ4v) is 7.08. The van der Waals surface area contributed by atoms with Gasteiger partial charge in [-0.15, -0.1) is 0 Å². The van der Waals surface area contributed by atoms with Crippen molar-refractivity contribution in [2.24, 2.45) is 11.8 Å². The molecule has 322 valence electrons. The molecular weight excluding hydrogens is 777 g/mol. The number of carbonyl (C=O) groups excluding carboxylic acids is 8. The molecule has 9 atom stereocenters. The lowest BCUT2D eigenvalue weighted by atomic mass is 10.00. The summed E-state index contributed by atoms with van der Waals surface area (Å²) in [5.74, 6) is -7.27. The van der Waals surface area contributed by atoms with Crippen molar-refractivity contribution < 1.29 is 52.8 Å². The molecule has 0 radical (unpaired) electrons. The number of aliphatic hydroxyl groups excluding tert-OH is 1. The van der Waals surface area contributed by atoms with E-state index in [1.165, 1.54) is 49.3 Å². The Bertz CT molecular complexity index is 1710. The van der Waals surface area contributed by atoms with Crippen molar-refractivity contribution in [3.05, 3.63) is 29.8 Å². The van der Waals surface area contributed by atoms with Crippen LogP contribution in [0.25, 0.3) is 0 Å². The average Bonchev–Trinajstić information content (AvgIpc) is 3.65. The lowest BCUT2D eigenvalue weighted by molar-refractivity contribution is -0.144. The van der Waals surface area contributed by atoms with Crippen LogP contribution >= 0.6 is 0 Å². The van der Waals surface area contributed by atoms with Gasteiger partial charge in [0.15, 0.2) is 0 Å². The Morgan fingerprint density at radius 1 is 0.724 bits per heavy atom. The summed E-state index contributed by atoms with van der Waals surface area (Å²) in [5.41, 5.74) is 0.528. The monoisotopic (exact) mass is 834 g/mol. The first kappa shape index (κ1) is 47.3. The number of hydrogen-bond acceptors (Lipinski definition) is 11. The lowest BCUT2D eigenvalue weighted by Crippen LogP contribution is -2.62. The van der Waals surface area contributed by atoms with Crippen LogP contribution in [-0.2, 0) is 55.6 Å². The Morgan fingerprint density at radius 3 is 1.86 bits per heavy atom. The zero-order valence-corrected chi connectivity index (χ0v) is 34.8. The van der Waals surface area contributed by atoms with Gasteiger partial charge in [0.05, 0.1) is 12.6 Å². The summed E-state index contributed by atoms with van der Waals surface area (Å²) in [7, 11) is -1.37. The molecule has 9 N–H and O–H groups in total. The average molecular weight is 835 g/mol. The number of nitrogens with zero attached hydrogens (tertiary/aromatic N) is 1. The van der Waals surface area contributed by atoms with Crippen LogP contribution in [0.15, 0.2) is 24.3 Å². The van der Waals surface area contributed by atoms with E-state index in [1.807, 2.05) is 0 Å². The van der Waals surface area contributed by atoms with Gasteiger partial charge in [-0.3, -0.25) is 42.6 Å². The summed E-state index contributed by atoms with van der Waals surface area (Å²) in [6.07, 6.45) is 0.359. The summed E-state index contributed by atoms with van der Waals surface area (Å²) in [6.45, 7) is 8.66. The van der Waals surface area contributed by atoms with Gasteiger partial charge in [0.2, 0.25) is 47.3 Å². The van der Waals surface area contributed by atoms with Crippen LogP contribution in [0.1, 0.15) is 66.4 Å². The van der Waals surface area contributed by atoms with Crippen molar-refractivity contribution >= 4 is 58.1 Å². The van der Waals surface area contributed by atoms with E-state index in [2.05, 4.69) is 37.2 Å². The predicted molar refractivity (Wildman–Crippen MR) is 212 cm³/mol. The number of fused-ring (bicyclic) bond motifs is 1. The number of phenolic OH excluding ortho intramolecular Hbond substituents is 1. The van der Waals surface area contributed by atoms with E-state index in [9.17, 15) is 52.8 Å². The standard InChI is InChI=1S/C38H58N8O11S/c1-19(2)29-36(54)40-21(5)32(50)44-30(20(3)4)37(55)42-26(17-23-10-12-24(48)13-11-23)33(51)39-18-28(49)43-31(22(6)47)38(56)46-15-8-9-27(46)35(53)41-25(34(52)45-29)14-16-58(7)57/h10-13,19-22,25-27,29-31,47-48H,8-9,14-18H2,1-7H3,(H,39,51)(H,40,54)(H,41,53)(H,42,55)(H,43,49)(H,44,50)(H,45,52)/t21-,22+,25-,26-,27-,29-,30-,31-,58?/m0/s1. The number of carbonyl (C=O) groups is 8. The molecule has 0 saturated carbocycles. The van der Waals surface area contributed by atoms with Crippen LogP contribution in [0.4, 0.5) is 0 Å². The van der Waals surface area contributed by atoms with Crippen molar-refractivity contribution in [1.82, 2.24) is 42.1 Å². The number of hydrogen-bond donors (Lipinski definition) is 9. The van der Waals surface area contributed by atoms with E-state index in [1.54, 1.807) is 27.7 Å². The minimum absolute atomic E-state index is 0.0102. The minimum atomic E-state index is -1.54. The molecule has 58 heavy (non-hydrogen) atoms. The van der Waals surface area contributed by atoms with E-state index >= 15 is 0 Å². The number of amides is 8. The summed E-state index contributed by atoms with van der Waals surface area (Å²) < 4.78 is 12.1. The van der Waals surface area contributed by atoms with Crippen molar-refractivity contribution in [1.29, 1.82) is 0 Å². The van der Waals surface area contributed by atoms with Gasteiger partial charge in [0.25, 0.3) is 0 Å². The SMILES string of the molecule is CC(C)[C@@H]1NC(=O)[C@H](C)NC(=O)[C@H](C(C)C)NC(=O)[C@H](CCS(C)=O)NC(=O)[C@@H]2CCCN2C(=O)[C@H]([C@@H](C)O)NC(=O)CNC(=O)[C@H](Cc2ccc(O)cc2)NC1=O. The van der Waals surface area contributed by atoms with Crippen molar-refractivity contribution in [3.63, 3.8) is 0 Å². The van der Waals surface area contributed by atoms with Crippen molar-refractivity contribution in [2.75, 3.05) is 25.1 Å². The predicted octanol–water partition coefficient (Wildman–Crippen LogP) is -2.55. The van der Waals surface area contributed by atoms with Gasteiger partial charge < -0.3 is 52.3 Å². The molecule has 1 aromatic rings. The number of benzene rings is 1. The third-order valence-electron chi connectivity index (χ3n) is 9.91. The third kappa shape index (κ3) is 13.5. The molecule has 2 aliphatic rings. The topological polar surface area (TPSA) is 282 Å². The normalized spacial score (nSPS) is 27.6. The minimum Gasteiger partial charge on any atom is -0.508 e. The summed E-state index contributed by atoms with van der Waals surface area (Å²) in [4.78, 5) is 110. The zero-order valence-electron chi connectivity index (χ0n) is 34.0. The Kier molecular flexibility index (Phi) is 17.6.